The molecule has 0 saturated heterocycles. The molecule has 0 aromatic heterocycles. The summed E-state index contributed by atoms with van der Waals surface area (Å²) in [6, 6.07) is 12.0. The van der Waals surface area contributed by atoms with Crippen LogP contribution in [0.1, 0.15) is 15.9 Å². The minimum Gasteiger partial charge on any atom is -0.478 e. The van der Waals surface area contributed by atoms with Crippen molar-refractivity contribution in [2.24, 2.45) is 0 Å². The fourth-order valence-corrected chi connectivity index (χ4v) is 3.26. The van der Waals surface area contributed by atoms with Crippen LogP contribution in [0.3, 0.4) is 0 Å². The van der Waals surface area contributed by atoms with Crippen molar-refractivity contribution < 1.29 is 18.7 Å². The van der Waals surface area contributed by atoms with Crippen molar-refractivity contribution in [2.75, 3.05) is 5.75 Å². The first-order chi connectivity index (χ1) is 9.90. The fraction of sp³-hybridized carbons (Fsp3) is 0.133. The lowest BCUT2D eigenvalue weighted by Crippen LogP contribution is -2.16. The quantitative estimate of drug-likeness (QED) is 0.747. The van der Waals surface area contributed by atoms with Crippen LogP contribution in [0.2, 0.25) is 0 Å². The highest BCUT2D eigenvalue weighted by Gasteiger charge is 2.31. The monoisotopic (exact) mass is 372 g/mol. The summed E-state index contributed by atoms with van der Waals surface area (Å²) in [6.45, 7) is 0. The Balaban J connectivity index is 2.20. The van der Waals surface area contributed by atoms with Gasteiger partial charge >= 0.3 is 5.97 Å². The van der Waals surface area contributed by atoms with Gasteiger partial charge in [0.25, 0.3) is 5.92 Å². The molecule has 2 nitrogen and oxygen atoms in total. The van der Waals surface area contributed by atoms with Gasteiger partial charge < -0.3 is 5.11 Å². The lowest BCUT2D eigenvalue weighted by atomic mass is 10.1. The van der Waals surface area contributed by atoms with Gasteiger partial charge in [-0.15, -0.1) is 11.8 Å². The van der Waals surface area contributed by atoms with Crippen molar-refractivity contribution in [3.8, 4) is 0 Å². The Morgan fingerprint density at radius 3 is 2.48 bits per heavy atom. The van der Waals surface area contributed by atoms with Gasteiger partial charge in [0.15, 0.2) is 0 Å². The third kappa shape index (κ3) is 4.04. The highest BCUT2D eigenvalue weighted by molar-refractivity contribution is 9.10. The first kappa shape index (κ1) is 16.0. The van der Waals surface area contributed by atoms with Crippen LogP contribution in [0.25, 0.3) is 0 Å². The molecule has 0 fully saturated rings. The number of hydrogen-bond acceptors (Lipinski definition) is 2. The van der Waals surface area contributed by atoms with Gasteiger partial charge in [0.05, 0.1) is 11.3 Å². The molecule has 0 heterocycles. The number of hydrogen-bond donors (Lipinski definition) is 1. The van der Waals surface area contributed by atoms with Crippen molar-refractivity contribution in [2.45, 2.75) is 10.8 Å². The lowest BCUT2D eigenvalue weighted by Gasteiger charge is -2.17. The van der Waals surface area contributed by atoms with Crippen LogP contribution in [-0.2, 0) is 5.92 Å². The van der Waals surface area contributed by atoms with Gasteiger partial charge in [0.1, 0.15) is 0 Å². The smallest absolute Gasteiger partial charge is 0.336 e. The van der Waals surface area contributed by atoms with Crippen molar-refractivity contribution >= 4 is 33.7 Å². The summed E-state index contributed by atoms with van der Waals surface area (Å²) in [5.74, 6) is -4.68. The molecule has 0 amide bonds. The Bertz CT molecular complexity index is 647. The van der Waals surface area contributed by atoms with Gasteiger partial charge in [0, 0.05) is 14.9 Å². The van der Waals surface area contributed by atoms with Gasteiger partial charge in [-0.2, -0.15) is 0 Å². The zero-order valence-electron chi connectivity index (χ0n) is 10.7. The molecule has 0 saturated carbocycles. The van der Waals surface area contributed by atoms with Crippen molar-refractivity contribution in [1.29, 1.82) is 0 Å². The molecule has 0 atom stereocenters. The summed E-state index contributed by atoms with van der Waals surface area (Å²) in [7, 11) is 0. The largest absolute Gasteiger partial charge is 0.478 e. The molecule has 110 valence electrons. The molecule has 0 aliphatic carbocycles. The van der Waals surface area contributed by atoms with Crippen molar-refractivity contribution in [3.63, 3.8) is 0 Å². The summed E-state index contributed by atoms with van der Waals surface area (Å²) in [5, 5.41) is 9.09. The summed E-state index contributed by atoms with van der Waals surface area (Å²) < 4.78 is 28.8. The van der Waals surface area contributed by atoms with Gasteiger partial charge in [-0.3, -0.25) is 0 Å². The zero-order chi connectivity index (χ0) is 15.5. The van der Waals surface area contributed by atoms with E-state index in [9.17, 15) is 13.6 Å². The van der Waals surface area contributed by atoms with E-state index in [1.165, 1.54) is 24.3 Å². The molecule has 0 radical (unpaired) electrons. The zero-order valence-corrected chi connectivity index (χ0v) is 13.1. The number of carboxylic acid groups (broad SMARTS) is 1. The third-order valence-electron chi connectivity index (χ3n) is 2.78. The second-order valence-corrected chi connectivity index (χ2v) is 6.24. The lowest BCUT2D eigenvalue weighted by molar-refractivity contribution is 0.0231. The number of halogens is 3. The fourth-order valence-electron chi connectivity index (χ4n) is 1.73. The molecule has 0 spiro atoms. The SMILES string of the molecule is O=C(O)c1ccc(Br)cc1SCC(F)(F)c1ccccc1. The van der Waals surface area contributed by atoms with Crippen molar-refractivity contribution in [3.05, 3.63) is 64.1 Å². The Labute approximate surface area is 133 Å². The second kappa shape index (κ2) is 6.58. The summed E-state index contributed by atoms with van der Waals surface area (Å²) in [4.78, 5) is 11.4. The van der Waals surface area contributed by atoms with Crippen LogP contribution >= 0.6 is 27.7 Å². The van der Waals surface area contributed by atoms with E-state index in [-0.39, 0.29) is 11.1 Å². The number of aromatic carboxylic acids is 1. The van der Waals surface area contributed by atoms with E-state index >= 15 is 0 Å². The van der Waals surface area contributed by atoms with E-state index < -0.39 is 17.6 Å². The topological polar surface area (TPSA) is 37.3 Å². The normalized spacial score (nSPS) is 11.4. The van der Waals surface area contributed by atoms with Crippen LogP contribution in [0.5, 0.6) is 0 Å². The Kier molecular flexibility index (Phi) is 5.00. The second-order valence-electron chi connectivity index (χ2n) is 4.30. The molecule has 2 aromatic rings. The molecule has 6 heteroatoms. The standard InChI is InChI=1S/C15H11BrF2O2S/c16-11-6-7-12(14(19)20)13(8-11)21-9-15(17,18)10-4-2-1-3-5-10/h1-8H,9H2,(H,19,20). The van der Waals surface area contributed by atoms with E-state index in [4.69, 9.17) is 5.11 Å². The van der Waals surface area contributed by atoms with Gasteiger partial charge in [0.2, 0.25) is 0 Å². The van der Waals surface area contributed by atoms with Gasteiger partial charge in [-0.1, -0.05) is 46.3 Å². The van der Waals surface area contributed by atoms with E-state index in [0.29, 0.717) is 9.37 Å². The third-order valence-corrected chi connectivity index (χ3v) is 4.43. The van der Waals surface area contributed by atoms with E-state index in [1.807, 2.05) is 0 Å². The maximum Gasteiger partial charge on any atom is 0.336 e. The van der Waals surface area contributed by atoms with Gasteiger partial charge in [-0.25, -0.2) is 13.6 Å². The minimum atomic E-state index is -3.02. The molecule has 1 N–H and O–H groups in total. The number of carbonyl (C=O) groups is 1. The van der Waals surface area contributed by atoms with Crippen LogP contribution in [0.4, 0.5) is 8.78 Å². The van der Waals surface area contributed by atoms with Crippen LogP contribution in [0.15, 0.2) is 57.9 Å². The molecule has 21 heavy (non-hydrogen) atoms. The predicted octanol–water partition coefficient (Wildman–Crippen LogP) is 5.03. The minimum absolute atomic E-state index is 0.0204. The number of benzene rings is 2. The Morgan fingerprint density at radius 2 is 1.86 bits per heavy atom. The van der Waals surface area contributed by atoms with Crippen molar-refractivity contribution in [1.82, 2.24) is 0 Å². The summed E-state index contributed by atoms with van der Waals surface area (Å²) in [5.41, 5.74) is -0.0589. The molecule has 0 aliphatic rings. The maximum absolute atomic E-state index is 14.1. The molecule has 0 unspecified atom stereocenters. The van der Waals surface area contributed by atoms with E-state index in [2.05, 4.69) is 15.9 Å². The van der Waals surface area contributed by atoms with E-state index in [0.717, 1.165) is 11.8 Å². The number of carboxylic acids is 1. The summed E-state index contributed by atoms with van der Waals surface area (Å²) in [6.07, 6.45) is 0. The van der Waals surface area contributed by atoms with Gasteiger partial charge in [-0.05, 0) is 18.2 Å². The first-order valence-electron chi connectivity index (χ1n) is 5.99. The Morgan fingerprint density at radius 1 is 1.19 bits per heavy atom. The maximum atomic E-state index is 14.1. The van der Waals surface area contributed by atoms with E-state index in [1.54, 1.807) is 24.3 Å². The predicted molar refractivity (Wildman–Crippen MR) is 82.2 cm³/mol. The van der Waals surface area contributed by atoms with Crippen LogP contribution in [0, 0.1) is 0 Å². The number of alkyl halides is 2. The Hall–Kier alpha value is -1.40. The molecular weight excluding hydrogens is 362 g/mol. The molecule has 2 aromatic carbocycles. The molecule has 0 aliphatic heterocycles. The first-order valence-corrected chi connectivity index (χ1v) is 7.77. The summed E-state index contributed by atoms with van der Waals surface area (Å²) >= 11 is 4.05. The average Bonchev–Trinajstić information content (AvgIpc) is 2.46. The van der Waals surface area contributed by atoms with Crippen LogP contribution in [-0.4, -0.2) is 16.8 Å². The van der Waals surface area contributed by atoms with Crippen LogP contribution < -0.4 is 0 Å². The molecular formula is C15H11BrF2O2S. The number of rotatable bonds is 5. The highest BCUT2D eigenvalue weighted by atomic mass is 79.9. The molecule has 0 bridgehead atoms. The molecule has 2 rings (SSSR count). The highest BCUT2D eigenvalue weighted by Crippen LogP contribution is 2.36. The number of thioether (sulfide) groups is 1. The average molecular weight is 373 g/mol.